The number of halogens is 1. The maximum absolute atomic E-state index is 6.15. The second-order valence-electron chi connectivity index (χ2n) is 7.40. The summed E-state index contributed by atoms with van der Waals surface area (Å²) in [5.74, 6) is 0. The van der Waals surface area contributed by atoms with Crippen LogP contribution in [0.25, 0.3) is 0 Å². The highest BCUT2D eigenvalue weighted by Crippen LogP contribution is 2.50. The largest absolute Gasteiger partial charge is 0.310 e. The summed E-state index contributed by atoms with van der Waals surface area (Å²) in [6, 6.07) is 12.8. The van der Waals surface area contributed by atoms with Gasteiger partial charge in [0.2, 0.25) is 0 Å². The van der Waals surface area contributed by atoms with Gasteiger partial charge in [0.15, 0.2) is 0 Å². The average Bonchev–Trinajstić information content (AvgIpc) is 2.57. The molecule has 1 aliphatic carbocycles. The van der Waals surface area contributed by atoms with Gasteiger partial charge in [-0.3, -0.25) is 0 Å². The summed E-state index contributed by atoms with van der Waals surface area (Å²) in [7, 11) is 6.15. The Morgan fingerprint density at radius 1 is 0.962 bits per heavy atom. The van der Waals surface area contributed by atoms with Crippen molar-refractivity contribution in [2.45, 2.75) is 32.1 Å². The van der Waals surface area contributed by atoms with Crippen molar-refractivity contribution in [3.8, 4) is 0 Å². The van der Waals surface area contributed by atoms with Crippen LogP contribution in [0.1, 0.15) is 37.8 Å². The Morgan fingerprint density at radius 3 is 2.46 bits per heavy atom. The molecule has 0 amide bonds. The lowest BCUT2D eigenvalue weighted by Crippen LogP contribution is -2.33. The van der Waals surface area contributed by atoms with E-state index in [1.165, 1.54) is 28.2 Å². The maximum Gasteiger partial charge on any atom is 0.113 e. The number of fused-ring (bicyclic) bond motifs is 2. The standard InChI is InChI=1S/C23H21BBrN/c1-23(2)19-14-16(24)10-12-21(19)26(18-8-6-4-3-5-7-9-18)22-13-11-17(25)15-20(22)23/h4,6-15H,3,5H2,1-2H3/b6-4-,9-7?,18-8?. The van der Waals surface area contributed by atoms with Gasteiger partial charge < -0.3 is 4.90 Å². The molecule has 0 atom stereocenters. The van der Waals surface area contributed by atoms with Crippen molar-refractivity contribution in [2.24, 2.45) is 0 Å². The fourth-order valence-electron chi connectivity index (χ4n) is 3.87. The van der Waals surface area contributed by atoms with Crippen molar-refractivity contribution < 1.29 is 0 Å². The van der Waals surface area contributed by atoms with Gasteiger partial charge in [0, 0.05) is 15.6 Å². The molecule has 1 aliphatic heterocycles. The van der Waals surface area contributed by atoms with Crippen molar-refractivity contribution >= 4 is 40.6 Å². The summed E-state index contributed by atoms with van der Waals surface area (Å²) in [5, 5.41) is 0. The molecular weight excluding hydrogens is 381 g/mol. The Bertz CT molecular complexity index is 897. The molecule has 2 radical (unpaired) electrons. The zero-order valence-corrected chi connectivity index (χ0v) is 16.8. The number of nitrogens with zero attached hydrogens (tertiary/aromatic N) is 1. The first-order chi connectivity index (χ1) is 12.5. The van der Waals surface area contributed by atoms with E-state index in [0.717, 1.165) is 22.8 Å². The van der Waals surface area contributed by atoms with E-state index in [9.17, 15) is 0 Å². The molecule has 0 aromatic heterocycles. The highest BCUT2D eigenvalue weighted by atomic mass is 79.9. The van der Waals surface area contributed by atoms with Crippen molar-refractivity contribution in [1.82, 2.24) is 0 Å². The van der Waals surface area contributed by atoms with Gasteiger partial charge in [0.25, 0.3) is 0 Å². The monoisotopic (exact) mass is 401 g/mol. The fourth-order valence-corrected chi connectivity index (χ4v) is 4.23. The first-order valence-corrected chi connectivity index (χ1v) is 9.81. The summed E-state index contributed by atoms with van der Waals surface area (Å²) in [5.41, 5.74) is 6.82. The van der Waals surface area contributed by atoms with Crippen LogP contribution in [0.5, 0.6) is 0 Å². The first-order valence-electron chi connectivity index (χ1n) is 9.02. The highest BCUT2D eigenvalue weighted by Gasteiger charge is 2.37. The molecule has 0 saturated carbocycles. The summed E-state index contributed by atoms with van der Waals surface area (Å²) in [6.45, 7) is 4.55. The van der Waals surface area contributed by atoms with Crippen molar-refractivity contribution in [1.29, 1.82) is 0 Å². The van der Waals surface area contributed by atoms with Crippen molar-refractivity contribution in [3.63, 3.8) is 0 Å². The molecule has 0 spiro atoms. The van der Waals surface area contributed by atoms with Gasteiger partial charge in [0.1, 0.15) is 7.85 Å². The minimum absolute atomic E-state index is 0.123. The fraction of sp³-hybridized carbons (Fsp3) is 0.217. The van der Waals surface area contributed by atoms with Crippen molar-refractivity contribution in [2.75, 3.05) is 4.90 Å². The van der Waals surface area contributed by atoms with E-state index in [4.69, 9.17) is 7.85 Å². The molecule has 3 heteroatoms. The van der Waals surface area contributed by atoms with Crippen LogP contribution in [0.4, 0.5) is 11.4 Å². The molecule has 1 heterocycles. The van der Waals surface area contributed by atoms with Crippen LogP contribution in [-0.2, 0) is 5.41 Å². The molecule has 26 heavy (non-hydrogen) atoms. The molecule has 2 aromatic rings. The summed E-state index contributed by atoms with van der Waals surface area (Å²) in [6.07, 6.45) is 13.2. The number of benzene rings is 2. The van der Waals surface area contributed by atoms with Crippen LogP contribution < -0.4 is 10.4 Å². The van der Waals surface area contributed by atoms with Gasteiger partial charge in [-0.15, -0.1) is 0 Å². The van der Waals surface area contributed by atoms with Gasteiger partial charge in [-0.1, -0.05) is 65.6 Å². The second kappa shape index (κ2) is 6.63. The van der Waals surface area contributed by atoms with Gasteiger partial charge in [-0.2, -0.15) is 0 Å². The average molecular weight is 402 g/mol. The zero-order chi connectivity index (χ0) is 18.3. The Hall–Kier alpha value is -2.00. The number of hydrogen-bond acceptors (Lipinski definition) is 1. The first kappa shape index (κ1) is 17.4. The molecule has 2 aromatic carbocycles. The molecule has 128 valence electrons. The molecule has 0 N–H and O–H groups in total. The van der Waals surface area contributed by atoms with Crippen LogP contribution in [0, 0.1) is 0 Å². The molecule has 0 fully saturated rings. The Labute approximate surface area is 165 Å². The van der Waals surface area contributed by atoms with Gasteiger partial charge in [-0.25, -0.2) is 0 Å². The number of hydrogen-bond donors (Lipinski definition) is 0. The minimum atomic E-state index is -0.123. The topological polar surface area (TPSA) is 3.24 Å². The van der Waals surface area contributed by atoms with Crippen molar-refractivity contribution in [3.05, 3.63) is 88.1 Å². The summed E-state index contributed by atoms with van der Waals surface area (Å²) in [4.78, 5) is 2.36. The lowest BCUT2D eigenvalue weighted by Gasteiger charge is -2.42. The third-order valence-electron chi connectivity index (χ3n) is 5.26. The molecule has 1 nitrogen and oxygen atoms in total. The van der Waals surface area contributed by atoms with Crippen LogP contribution >= 0.6 is 15.9 Å². The van der Waals surface area contributed by atoms with Crippen LogP contribution in [0.3, 0.4) is 0 Å². The lowest BCUT2D eigenvalue weighted by molar-refractivity contribution is 0.630. The van der Waals surface area contributed by atoms with Gasteiger partial charge >= 0.3 is 0 Å². The minimum Gasteiger partial charge on any atom is -0.310 e. The third kappa shape index (κ3) is 2.89. The summed E-state index contributed by atoms with van der Waals surface area (Å²) >= 11 is 3.65. The SMILES string of the molecule is [B]c1ccc2c(c1)C(C)(C)c1cc(Br)ccc1N2C1=C/C=C\CCC=C1. The van der Waals surface area contributed by atoms with Gasteiger partial charge in [0.05, 0.1) is 11.4 Å². The van der Waals surface area contributed by atoms with E-state index >= 15 is 0 Å². The molecule has 0 unspecified atom stereocenters. The lowest BCUT2D eigenvalue weighted by atomic mass is 9.72. The Balaban J connectivity index is 2.01. The van der Waals surface area contributed by atoms with E-state index in [-0.39, 0.29) is 5.41 Å². The number of anilines is 2. The predicted molar refractivity (Wildman–Crippen MR) is 116 cm³/mol. The van der Waals surface area contributed by atoms with Gasteiger partial charge in [-0.05, 0) is 60.4 Å². The third-order valence-corrected chi connectivity index (χ3v) is 5.75. The number of rotatable bonds is 1. The Morgan fingerprint density at radius 2 is 1.65 bits per heavy atom. The highest BCUT2D eigenvalue weighted by molar-refractivity contribution is 9.10. The number of allylic oxidation sites excluding steroid dienone is 5. The van der Waals surface area contributed by atoms with E-state index in [0.29, 0.717) is 0 Å². The summed E-state index contributed by atoms with van der Waals surface area (Å²) < 4.78 is 1.10. The van der Waals surface area contributed by atoms with E-state index in [1.807, 2.05) is 6.07 Å². The van der Waals surface area contributed by atoms with E-state index in [1.54, 1.807) is 0 Å². The normalized spacial score (nSPS) is 19.0. The van der Waals surface area contributed by atoms with E-state index in [2.05, 4.69) is 95.4 Å². The maximum atomic E-state index is 6.15. The molecule has 2 aliphatic rings. The second-order valence-corrected chi connectivity index (χ2v) is 8.31. The van der Waals surface area contributed by atoms with Crippen LogP contribution in [0.2, 0.25) is 0 Å². The van der Waals surface area contributed by atoms with E-state index < -0.39 is 0 Å². The molecule has 4 rings (SSSR count). The van der Waals surface area contributed by atoms with Crippen LogP contribution in [0.15, 0.2) is 76.9 Å². The Kier molecular flexibility index (Phi) is 4.44. The predicted octanol–water partition coefficient (Wildman–Crippen LogP) is 5.81. The molecule has 0 saturated heterocycles. The zero-order valence-electron chi connectivity index (χ0n) is 15.2. The quantitative estimate of drug-likeness (QED) is 0.545. The molecular formula is C23H21BBrN. The smallest absolute Gasteiger partial charge is 0.113 e. The van der Waals surface area contributed by atoms with Crippen LogP contribution in [-0.4, -0.2) is 7.85 Å². The molecule has 0 bridgehead atoms.